The maximum atomic E-state index is 12.2. The highest BCUT2D eigenvalue weighted by Gasteiger charge is 2.63. The van der Waals surface area contributed by atoms with Crippen LogP contribution in [-0.4, -0.2) is 29.1 Å². The van der Waals surface area contributed by atoms with E-state index in [0.717, 1.165) is 76.4 Å². The van der Waals surface area contributed by atoms with Gasteiger partial charge in [-0.3, -0.25) is 4.79 Å². The second-order valence-corrected chi connectivity index (χ2v) is 14.1. The van der Waals surface area contributed by atoms with Crippen LogP contribution in [0.4, 0.5) is 0 Å². The van der Waals surface area contributed by atoms with Gasteiger partial charge in [-0.05, 0) is 124 Å². The summed E-state index contributed by atoms with van der Waals surface area (Å²) in [7, 11) is 0. The smallest absolute Gasteiger partial charge is 0.155 e. The lowest BCUT2D eigenvalue weighted by molar-refractivity contribution is -0.136. The normalized spacial score (nSPS) is 36.0. The van der Waals surface area contributed by atoms with E-state index in [9.17, 15) is 9.90 Å². The fourth-order valence-corrected chi connectivity index (χ4v) is 9.85. The summed E-state index contributed by atoms with van der Waals surface area (Å²) in [5, 5.41) is 15.8. The van der Waals surface area contributed by atoms with Gasteiger partial charge in [-0.1, -0.05) is 51.8 Å². The van der Waals surface area contributed by atoms with Gasteiger partial charge in [0.05, 0.1) is 12.2 Å². The summed E-state index contributed by atoms with van der Waals surface area (Å²) in [5.41, 5.74) is 2.04. The molecule has 2 N–H and O–H groups in total. The Bertz CT molecular complexity index is 1060. The zero-order chi connectivity index (χ0) is 28.5. The third-order valence-electron chi connectivity index (χ3n) is 11.9. The molecular formula is C36H55NO3. The van der Waals surface area contributed by atoms with Crippen molar-refractivity contribution in [2.75, 3.05) is 6.61 Å². The molecule has 0 saturated heterocycles. The highest BCUT2D eigenvalue weighted by atomic mass is 16.5. The number of ether oxygens (including phenoxy) is 1. The summed E-state index contributed by atoms with van der Waals surface area (Å²) >= 11 is 0. The van der Waals surface area contributed by atoms with Crippen molar-refractivity contribution in [3.8, 4) is 5.75 Å². The molecule has 40 heavy (non-hydrogen) atoms. The number of carbonyl (C=O) groups is 1. The Kier molecular flexibility index (Phi) is 9.17. The van der Waals surface area contributed by atoms with Gasteiger partial charge in [-0.15, -0.1) is 0 Å². The molecule has 5 rings (SSSR count). The number of hydrogen-bond donors (Lipinski definition) is 2. The molecule has 0 bridgehead atoms. The van der Waals surface area contributed by atoms with E-state index in [1.165, 1.54) is 17.6 Å². The van der Waals surface area contributed by atoms with Gasteiger partial charge < -0.3 is 15.2 Å². The van der Waals surface area contributed by atoms with Crippen molar-refractivity contribution in [3.63, 3.8) is 0 Å². The van der Waals surface area contributed by atoms with E-state index in [4.69, 9.17) is 4.74 Å². The second-order valence-electron chi connectivity index (χ2n) is 14.1. The highest BCUT2D eigenvalue weighted by Crippen LogP contribution is 2.67. The lowest BCUT2D eigenvalue weighted by atomic mass is 9.47. The predicted octanol–water partition coefficient (Wildman–Crippen LogP) is 8.19. The molecule has 3 fully saturated rings. The minimum absolute atomic E-state index is 0.0759. The van der Waals surface area contributed by atoms with Crippen molar-refractivity contribution in [1.29, 1.82) is 0 Å². The van der Waals surface area contributed by atoms with Crippen molar-refractivity contribution < 1.29 is 14.6 Å². The van der Waals surface area contributed by atoms with Gasteiger partial charge in [0.1, 0.15) is 5.75 Å². The Morgan fingerprint density at radius 1 is 1.12 bits per heavy atom. The average molecular weight is 550 g/mol. The molecule has 222 valence electrons. The topological polar surface area (TPSA) is 58.6 Å². The van der Waals surface area contributed by atoms with Gasteiger partial charge in [0.25, 0.3) is 0 Å². The molecule has 1 aromatic rings. The predicted molar refractivity (Wildman–Crippen MR) is 163 cm³/mol. The number of nitrogens with one attached hydrogen (secondary N) is 1. The molecule has 4 nitrogen and oxygen atoms in total. The molecule has 4 aliphatic rings. The first-order valence-corrected chi connectivity index (χ1v) is 16.7. The lowest BCUT2D eigenvalue weighted by Gasteiger charge is -2.58. The first kappa shape index (κ1) is 29.8. The van der Waals surface area contributed by atoms with Crippen LogP contribution in [0.3, 0.4) is 0 Å². The van der Waals surface area contributed by atoms with Crippen LogP contribution in [-0.2, 0) is 4.79 Å². The molecule has 3 saturated carbocycles. The van der Waals surface area contributed by atoms with Crippen LogP contribution in [0.2, 0.25) is 0 Å². The Morgan fingerprint density at radius 3 is 2.67 bits per heavy atom. The van der Waals surface area contributed by atoms with E-state index >= 15 is 0 Å². The largest absolute Gasteiger partial charge is 0.494 e. The van der Waals surface area contributed by atoms with E-state index in [2.05, 4.69) is 64.2 Å². The summed E-state index contributed by atoms with van der Waals surface area (Å²) in [4.78, 5) is 12.2. The summed E-state index contributed by atoms with van der Waals surface area (Å²) in [6, 6.07) is 9.63. The van der Waals surface area contributed by atoms with Crippen LogP contribution in [0, 0.1) is 35.0 Å². The van der Waals surface area contributed by atoms with Crippen molar-refractivity contribution in [3.05, 3.63) is 41.5 Å². The van der Waals surface area contributed by atoms with Crippen molar-refractivity contribution in [1.82, 2.24) is 5.32 Å². The number of hydrogen-bond acceptors (Lipinski definition) is 4. The Hall–Kier alpha value is -1.65. The monoisotopic (exact) mass is 549 g/mol. The van der Waals surface area contributed by atoms with Crippen LogP contribution in [0.5, 0.6) is 5.75 Å². The summed E-state index contributed by atoms with van der Waals surface area (Å²) < 4.78 is 6.51. The first-order chi connectivity index (χ1) is 19.2. The Labute approximate surface area is 243 Å². The van der Waals surface area contributed by atoms with Crippen LogP contribution < -0.4 is 10.1 Å². The number of carbonyl (C=O) groups excluding carboxylic acids is 1. The number of rotatable bonds is 11. The van der Waals surface area contributed by atoms with Crippen LogP contribution in [0.15, 0.2) is 35.9 Å². The lowest BCUT2D eigenvalue weighted by Crippen LogP contribution is -2.55. The third-order valence-corrected chi connectivity index (χ3v) is 11.9. The first-order valence-electron chi connectivity index (χ1n) is 16.7. The van der Waals surface area contributed by atoms with Gasteiger partial charge in [-0.2, -0.15) is 0 Å². The minimum atomic E-state index is -0.641. The Balaban J connectivity index is 1.30. The molecule has 0 amide bonds. The van der Waals surface area contributed by atoms with Gasteiger partial charge >= 0.3 is 0 Å². The number of benzene rings is 1. The summed E-state index contributed by atoms with van der Waals surface area (Å²) in [6.07, 6.45) is 14.6. The van der Waals surface area contributed by atoms with Gasteiger partial charge in [0, 0.05) is 23.9 Å². The van der Waals surface area contributed by atoms with Crippen molar-refractivity contribution in [2.45, 2.75) is 129 Å². The van der Waals surface area contributed by atoms with E-state index < -0.39 is 5.60 Å². The van der Waals surface area contributed by atoms with Gasteiger partial charge in [-0.25, -0.2) is 0 Å². The fourth-order valence-electron chi connectivity index (χ4n) is 9.85. The molecule has 5 unspecified atom stereocenters. The third kappa shape index (κ3) is 5.56. The highest BCUT2D eigenvalue weighted by molar-refractivity contribution is 5.91. The van der Waals surface area contributed by atoms with Gasteiger partial charge in [0.2, 0.25) is 0 Å². The van der Waals surface area contributed by atoms with E-state index in [0.29, 0.717) is 54.1 Å². The van der Waals surface area contributed by atoms with Gasteiger partial charge in [0.15, 0.2) is 5.78 Å². The van der Waals surface area contributed by atoms with Crippen LogP contribution in [0.25, 0.3) is 0 Å². The quantitative estimate of drug-likeness (QED) is 0.292. The number of fused-ring (bicyclic) bond motifs is 5. The molecule has 1 aromatic carbocycles. The second kappa shape index (κ2) is 12.3. The Morgan fingerprint density at radius 2 is 1.93 bits per heavy atom. The summed E-state index contributed by atoms with van der Waals surface area (Å²) in [5.74, 6) is 4.32. The minimum Gasteiger partial charge on any atom is -0.494 e. The van der Waals surface area contributed by atoms with Crippen LogP contribution in [0.1, 0.15) is 123 Å². The molecule has 0 aromatic heterocycles. The standard InChI is InChI=1S/C36H55NO3/c1-6-10-33(37-27(7-2)8-3)25-11-9-12-29(23-25)40-20-19-36-18-15-31-30-14-13-28(38)22-26(30)21-24(4)34(31)32(36)16-17-35(36,5)39/h9,11-12,22-24,27,30-34,37,39H,6-8,10,13-21H2,1-5H3/t24-,30?,31?,32?,33?,34?,35+,36-/m1/s1. The number of ketones is 1. The number of aliphatic hydroxyl groups is 1. The van der Waals surface area contributed by atoms with E-state index in [1.54, 1.807) is 0 Å². The fraction of sp³-hybridized carbons (Fsp3) is 0.750. The molecule has 4 aliphatic carbocycles. The average Bonchev–Trinajstić information content (AvgIpc) is 3.21. The van der Waals surface area contributed by atoms with Crippen molar-refractivity contribution in [2.24, 2.45) is 35.0 Å². The molecular weight excluding hydrogens is 494 g/mol. The molecule has 0 radical (unpaired) electrons. The SMILES string of the molecule is CCCC(NC(CC)CC)c1cccc(OCC[C@]23CCC4C5CCC(=O)C=C5C[C@@H](C)C4C2CC[C@]3(C)O)c1. The van der Waals surface area contributed by atoms with E-state index in [-0.39, 0.29) is 5.41 Å². The maximum absolute atomic E-state index is 12.2. The zero-order valence-corrected chi connectivity index (χ0v) is 25.9. The molecule has 8 atom stereocenters. The molecule has 0 aliphatic heterocycles. The van der Waals surface area contributed by atoms with Crippen LogP contribution >= 0.6 is 0 Å². The van der Waals surface area contributed by atoms with Crippen molar-refractivity contribution >= 4 is 5.78 Å². The summed E-state index contributed by atoms with van der Waals surface area (Å²) in [6.45, 7) is 12.0. The zero-order valence-electron chi connectivity index (χ0n) is 25.9. The molecule has 4 heteroatoms. The molecule has 0 heterocycles. The molecule has 0 spiro atoms. The maximum Gasteiger partial charge on any atom is 0.155 e. The number of allylic oxidation sites excluding steroid dienone is 1. The van der Waals surface area contributed by atoms with E-state index in [1.807, 2.05) is 6.08 Å².